The van der Waals surface area contributed by atoms with Crippen molar-refractivity contribution < 1.29 is 19.5 Å². The quantitative estimate of drug-likeness (QED) is 0.685. The first-order valence-corrected chi connectivity index (χ1v) is 9.76. The third-order valence-electron chi connectivity index (χ3n) is 5.37. The molecule has 6 nitrogen and oxygen atoms in total. The van der Waals surface area contributed by atoms with Crippen molar-refractivity contribution in [2.45, 2.75) is 51.1 Å². The number of amides is 2. The minimum atomic E-state index is -0.999. The van der Waals surface area contributed by atoms with Crippen LogP contribution in [0.2, 0.25) is 0 Å². The highest BCUT2D eigenvalue weighted by molar-refractivity contribution is 5.90. The van der Waals surface area contributed by atoms with E-state index in [1.807, 2.05) is 42.5 Å². The summed E-state index contributed by atoms with van der Waals surface area (Å²) in [5, 5.41) is 16.8. The first kappa shape index (κ1) is 19.9. The standard InChI is InChI=1S/C22H26N2O4/c1-14(23-22(28)16-8-2-3-9-16)21(27)24-19(13-20(25)26)18-12-6-10-15-7-4-5-11-17(15)18/h4-7,10-12,14,16,19H,2-3,8-9,13H2,1H3,(H,23,28)(H,24,27)(H,25,26)/t14?,19-/m1/s1. The second-order valence-electron chi connectivity index (χ2n) is 7.44. The van der Waals surface area contributed by atoms with E-state index >= 15 is 0 Å². The second kappa shape index (κ2) is 8.87. The molecular formula is C22H26N2O4. The van der Waals surface area contributed by atoms with Gasteiger partial charge in [-0.05, 0) is 36.1 Å². The molecule has 0 spiro atoms. The molecule has 2 aromatic rings. The average Bonchev–Trinajstić information content (AvgIpc) is 3.21. The number of benzene rings is 2. The van der Waals surface area contributed by atoms with Gasteiger partial charge in [0.05, 0.1) is 12.5 Å². The molecular weight excluding hydrogens is 356 g/mol. The third kappa shape index (κ3) is 4.68. The molecule has 1 aliphatic rings. The summed E-state index contributed by atoms with van der Waals surface area (Å²) in [5.74, 6) is -1.50. The summed E-state index contributed by atoms with van der Waals surface area (Å²) in [7, 11) is 0. The third-order valence-corrected chi connectivity index (χ3v) is 5.37. The van der Waals surface area contributed by atoms with Gasteiger partial charge in [-0.1, -0.05) is 55.3 Å². The van der Waals surface area contributed by atoms with Gasteiger partial charge >= 0.3 is 5.97 Å². The largest absolute Gasteiger partial charge is 0.481 e. The lowest BCUT2D eigenvalue weighted by atomic mass is 9.96. The zero-order valence-electron chi connectivity index (χ0n) is 16.0. The summed E-state index contributed by atoms with van der Waals surface area (Å²) in [4.78, 5) is 36.4. The van der Waals surface area contributed by atoms with E-state index in [1.165, 1.54) is 0 Å². The Morgan fingerprint density at radius 2 is 1.71 bits per heavy atom. The molecule has 2 atom stereocenters. The van der Waals surface area contributed by atoms with Crippen LogP contribution in [0.5, 0.6) is 0 Å². The highest BCUT2D eigenvalue weighted by atomic mass is 16.4. The Labute approximate surface area is 164 Å². The van der Waals surface area contributed by atoms with Crippen molar-refractivity contribution in [2.75, 3.05) is 0 Å². The lowest BCUT2D eigenvalue weighted by Gasteiger charge is -2.23. The van der Waals surface area contributed by atoms with Crippen LogP contribution in [0.1, 0.15) is 50.6 Å². The van der Waals surface area contributed by atoms with Gasteiger partial charge in [0.15, 0.2) is 0 Å². The lowest BCUT2D eigenvalue weighted by molar-refractivity contribution is -0.138. The van der Waals surface area contributed by atoms with Crippen LogP contribution in [0.25, 0.3) is 10.8 Å². The molecule has 0 heterocycles. The van der Waals surface area contributed by atoms with Crippen molar-refractivity contribution in [3.8, 4) is 0 Å². The fourth-order valence-corrected chi connectivity index (χ4v) is 3.85. The molecule has 2 aromatic carbocycles. The van der Waals surface area contributed by atoms with Crippen molar-refractivity contribution in [1.82, 2.24) is 10.6 Å². The number of aliphatic carboxylic acids is 1. The summed E-state index contributed by atoms with van der Waals surface area (Å²) in [6.45, 7) is 1.63. The Kier molecular flexibility index (Phi) is 6.29. The maximum absolute atomic E-state index is 12.7. The molecule has 28 heavy (non-hydrogen) atoms. The molecule has 1 aliphatic carbocycles. The second-order valence-corrected chi connectivity index (χ2v) is 7.44. The van der Waals surface area contributed by atoms with Gasteiger partial charge < -0.3 is 15.7 Å². The van der Waals surface area contributed by atoms with Gasteiger partial charge in [0.25, 0.3) is 0 Å². The highest BCUT2D eigenvalue weighted by Crippen LogP contribution is 2.27. The molecule has 6 heteroatoms. The number of fused-ring (bicyclic) bond motifs is 1. The number of hydrogen-bond donors (Lipinski definition) is 3. The van der Waals surface area contributed by atoms with E-state index in [0.29, 0.717) is 0 Å². The molecule has 1 fully saturated rings. The first-order valence-electron chi connectivity index (χ1n) is 9.76. The Balaban J connectivity index is 1.75. The van der Waals surface area contributed by atoms with Crippen molar-refractivity contribution in [3.63, 3.8) is 0 Å². The fraction of sp³-hybridized carbons (Fsp3) is 0.409. The van der Waals surface area contributed by atoms with E-state index in [1.54, 1.807) is 6.92 Å². The average molecular weight is 382 g/mol. The van der Waals surface area contributed by atoms with Gasteiger partial charge in [-0.25, -0.2) is 0 Å². The van der Waals surface area contributed by atoms with Crippen LogP contribution in [-0.2, 0) is 14.4 Å². The number of carbonyl (C=O) groups excluding carboxylic acids is 2. The van der Waals surface area contributed by atoms with Crippen LogP contribution < -0.4 is 10.6 Å². The maximum atomic E-state index is 12.7. The van der Waals surface area contributed by atoms with Crippen molar-refractivity contribution in [2.24, 2.45) is 5.92 Å². The predicted molar refractivity (Wildman–Crippen MR) is 107 cm³/mol. The van der Waals surface area contributed by atoms with Gasteiger partial charge in [-0.3, -0.25) is 14.4 Å². The van der Waals surface area contributed by atoms with Gasteiger partial charge in [-0.15, -0.1) is 0 Å². The molecule has 0 bridgehead atoms. The normalized spacial score (nSPS) is 16.5. The number of carbonyl (C=O) groups is 3. The first-order chi connectivity index (χ1) is 13.5. The van der Waals surface area contributed by atoms with E-state index in [4.69, 9.17) is 0 Å². The van der Waals surface area contributed by atoms with E-state index < -0.39 is 18.1 Å². The van der Waals surface area contributed by atoms with E-state index in [9.17, 15) is 19.5 Å². The molecule has 0 aliphatic heterocycles. The summed E-state index contributed by atoms with van der Waals surface area (Å²) < 4.78 is 0. The van der Waals surface area contributed by atoms with Crippen LogP contribution in [0, 0.1) is 5.92 Å². The minimum Gasteiger partial charge on any atom is -0.481 e. The van der Waals surface area contributed by atoms with Crippen LogP contribution in [0.15, 0.2) is 42.5 Å². The number of carboxylic acid groups (broad SMARTS) is 1. The van der Waals surface area contributed by atoms with Gasteiger partial charge in [0.2, 0.25) is 11.8 Å². The zero-order chi connectivity index (χ0) is 20.1. The molecule has 0 aromatic heterocycles. The summed E-state index contributed by atoms with van der Waals surface area (Å²) >= 11 is 0. The monoisotopic (exact) mass is 382 g/mol. The molecule has 2 amide bonds. The van der Waals surface area contributed by atoms with E-state index in [-0.39, 0.29) is 24.2 Å². The van der Waals surface area contributed by atoms with Crippen LogP contribution in [0.3, 0.4) is 0 Å². The summed E-state index contributed by atoms with van der Waals surface area (Å²) in [5.41, 5.74) is 0.753. The molecule has 0 radical (unpaired) electrons. The number of carboxylic acids is 1. The Bertz CT molecular complexity index is 868. The van der Waals surface area contributed by atoms with Crippen LogP contribution >= 0.6 is 0 Å². The molecule has 3 N–H and O–H groups in total. The molecule has 1 unspecified atom stereocenters. The summed E-state index contributed by atoms with van der Waals surface area (Å²) in [6, 6.07) is 11.9. The number of rotatable bonds is 7. The summed E-state index contributed by atoms with van der Waals surface area (Å²) in [6.07, 6.45) is 3.57. The SMILES string of the molecule is CC(NC(=O)C1CCCC1)C(=O)N[C@H](CC(=O)O)c1cccc2ccccc12. The number of hydrogen-bond acceptors (Lipinski definition) is 3. The molecule has 0 saturated heterocycles. The zero-order valence-corrected chi connectivity index (χ0v) is 16.0. The van der Waals surface area contributed by atoms with Crippen molar-refractivity contribution in [3.05, 3.63) is 48.0 Å². The Morgan fingerprint density at radius 3 is 2.43 bits per heavy atom. The van der Waals surface area contributed by atoms with Gasteiger partial charge in [-0.2, -0.15) is 0 Å². The number of nitrogens with one attached hydrogen (secondary N) is 2. The topological polar surface area (TPSA) is 95.5 Å². The minimum absolute atomic E-state index is 0.0249. The predicted octanol–water partition coefficient (Wildman–Crippen LogP) is 3.17. The highest BCUT2D eigenvalue weighted by Gasteiger charge is 2.27. The van der Waals surface area contributed by atoms with Gasteiger partial charge in [0, 0.05) is 5.92 Å². The van der Waals surface area contributed by atoms with Crippen molar-refractivity contribution in [1.29, 1.82) is 0 Å². The molecule has 148 valence electrons. The Hall–Kier alpha value is -2.89. The molecule has 3 rings (SSSR count). The van der Waals surface area contributed by atoms with Crippen molar-refractivity contribution >= 4 is 28.6 Å². The smallest absolute Gasteiger partial charge is 0.305 e. The molecule has 1 saturated carbocycles. The lowest BCUT2D eigenvalue weighted by Crippen LogP contribution is -2.47. The fourth-order valence-electron chi connectivity index (χ4n) is 3.85. The maximum Gasteiger partial charge on any atom is 0.305 e. The van der Waals surface area contributed by atoms with Crippen LogP contribution in [0.4, 0.5) is 0 Å². The van der Waals surface area contributed by atoms with Gasteiger partial charge in [0.1, 0.15) is 6.04 Å². The van der Waals surface area contributed by atoms with E-state index in [2.05, 4.69) is 10.6 Å². The Morgan fingerprint density at radius 1 is 1.04 bits per heavy atom. The van der Waals surface area contributed by atoms with E-state index in [0.717, 1.165) is 42.0 Å². The van der Waals surface area contributed by atoms with Crippen LogP contribution in [-0.4, -0.2) is 28.9 Å².